The topological polar surface area (TPSA) is 71.3 Å². The van der Waals surface area contributed by atoms with Crippen LogP contribution in [0.25, 0.3) is 0 Å². The van der Waals surface area contributed by atoms with Crippen LogP contribution in [0.3, 0.4) is 0 Å². The molecule has 0 atom stereocenters. The van der Waals surface area contributed by atoms with E-state index in [0.29, 0.717) is 5.69 Å². The molecule has 1 amide bonds. The average molecular weight is 354 g/mol. The monoisotopic (exact) mass is 354 g/mol. The molecule has 25 heavy (non-hydrogen) atoms. The van der Waals surface area contributed by atoms with Gasteiger partial charge in [-0.05, 0) is 23.6 Å². The lowest BCUT2D eigenvalue weighted by molar-refractivity contribution is 0.0988. The summed E-state index contributed by atoms with van der Waals surface area (Å²) in [6.45, 7) is 2.78. The summed E-state index contributed by atoms with van der Waals surface area (Å²) in [5.41, 5.74) is 1.52. The minimum Gasteiger partial charge on any atom is -0.437 e. The molecule has 1 aliphatic heterocycles. The van der Waals surface area contributed by atoms with Crippen molar-refractivity contribution in [2.45, 2.75) is 19.4 Å². The lowest BCUT2D eigenvalue weighted by Gasteiger charge is -2.18. The van der Waals surface area contributed by atoms with Crippen molar-refractivity contribution in [3.05, 3.63) is 64.3 Å². The van der Waals surface area contributed by atoms with E-state index >= 15 is 0 Å². The predicted molar refractivity (Wildman–Crippen MR) is 95.7 cm³/mol. The molecule has 4 heterocycles. The van der Waals surface area contributed by atoms with Crippen LogP contribution in [0.4, 0.5) is 5.69 Å². The van der Waals surface area contributed by atoms with Crippen molar-refractivity contribution in [3.63, 3.8) is 0 Å². The Hall–Kier alpha value is -2.51. The van der Waals surface area contributed by atoms with Gasteiger partial charge in [0, 0.05) is 43.5 Å². The summed E-state index contributed by atoms with van der Waals surface area (Å²) in [6.07, 6.45) is 4.82. The number of nitrogens with one attached hydrogen (secondary N) is 1. The Labute approximate surface area is 149 Å². The third kappa shape index (κ3) is 3.78. The summed E-state index contributed by atoms with van der Waals surface area (Å²) >= 11 is 1.78. The summed E-state index contributed by atoms with van der Waals surface area (Å²) in [7, 11) is 0. The number of carbonyl (C=O) groups is 1. The number of pyridine rings is 1. The Morgan fingerprint density at radius 1 is 1.28 bits per heavy atom. The molecule has 3 aromatic heterocycles. The molecular weight excluding hydrogens is 336 g/mol. The first kappa shape index (κ1) is 16.0. The summed E-state index contributed by atoms with van der Waals surface area (Å²) in [5.74, 6) is 0.613. The van der Waals surface area contributed by atoms with Crippen molar-refractivity contribution < 1.29 is 9.21 Å². The minimum atomic E-state index is -0.337. The molecule has 0 saturated carbocycles. The number of fused-ring (bicyclic) bond motifs is 1. The van der Waals surface area contributed by atoms with Crippen LogP contribution in [0.5, 0.6) is 0 Å². The SMILES string of the molecule is O=C(Nc1cccnc1)c1nc2c(o1)CCN(Cc1cccs1)CC2. The molecule has 6 nitrogen and oxygen atoms in total. The first-order valence-corrected chi connectivity index (χ1v) is 9.10. The van der Waals surface area contributed by atoms with Crippen LogP contribution < -0.4 is 5.32 Å². The summed E-state index contributed by atoms with van der Waals surface area (Å²) in [4.78, 5) is 24.4. The van der Waals surface area contributed by atoms with E-state index in [2.05, 4.69) is 37.7 Å². The maximum atomic E-state index is 12.3. The number of amides is 1. The molecule has 3 aromatic rings. The highest BCUT2D eigenvalue weighted by atomic mass is 32.1. The van der Waals surface area contributed by atoms with Gasteiger partial charge < -0.3 is 9.73 Å². The maximum Gasteiger partial charge on any atom is 0.311 e. The zero-order chi connectivity index (χ0) is 17.1. The lowest BCUT2D eigenvalue weighted by Crippen LogP contribution is -2.25. The van der Waals surface area contributed by atoms with Crippen LogP contribution >= 0.6 is 11.3 Å². The number of oxazole rings is 1. The Bertz CT molecular complexity index is 820. The number of nitrogens with zero attached hydrogens (tertiary/aromatic N) is 3. The van der Waals surface area contributed by atoms with Crippen molar-refractivity contribution in [2.24, 2.45) is 0 Å². The number of carbonyl (C=O) groups excluding carboxylic acids is 1. The van der Waals surface area contributed by atoms with Gasteiger partial charge in [0.25, 0.3) is 5.89 Å². The predicted octanol–water partition coefficient (Wildman–Crippen LogP) is 2.98. The van der Waals surface area contributed by atoms with E-state index in [1.54, 1.807) is 35.9 Å². The van der Waals surface area contributed by atoms with Crippen molar-refractivity contribution in [3.8, 4) is 0 Å². The lowest BCUT2D eigenvalue weighted by atomic mass is 10.2. The Balaban J connectivity index is 1.41. The number of anilines is 1. The highest BCUT2D eigenvalue weighted by Crippen LogP contribution is 2.20. The largest absolute Gasteiger partial charge is 0.437 e. The van der Waals surface area contributed by atoms with Gasteiger partial charge in [-0.25, -0.2) is 4.98 Å². The summed E-state index contributed by atoms with van der Waals surface area (Å²) in [6, 6.07) is 7.78. The normalized spacial score (nSPS) is 14.7. The molecular formula is C18H18N4O2S. The zero-order valence-corrected chi connectivity index (χ0v) is 14.5. The fourth-order valence-electron chi connectivity index (χ4n) is 2.91. The molecule has 0 radical (unpaired) electrons. The number of aromatic nitrogens is 2. The van der Waals surface area contributed by atoms with Gasteiger partial charge in [0.15, 0.2) is 0 Å². The molecule has 0 bridgehead atoms. The van der Waals surface area contributed by atoms with E-state index < -0.39 is 0 Å². The fourth-order valence-corrected chi connectivity index (χ4v) is 3.66. The highest BCUT2D eigenvalue weighted by molar-refractivity contribution is 7.09. The van der Waals surface area contributed by atoms with Gasteiger partial charge in [0.05, 0.1) is 17.6 Å². The van der Waals surface area contributed by atoms with Crippen LogP contribution in [-0.4, -0.2) is 33.9 Å². The van der Waals surface area contributed by atoms with Crippen LogP contribution in [0.15, 0.2) is 46.5 Å². The third-order valence-electron chi connectivity index (χ3n) is 4.17. The van der Waals surface area contributed by atoms with Crippen LogP contribution in [0, 0.1) is 0 Å². The minimum absolute atomic E-state index is 0.126. The fraction of sp³-hybridized carbons (Fsp3) is 0.278. The van der Waals surface area contributed by atoms with E-state index in [0.717, 1.165) is 43.9 Å². The molecule has 0 aliphatic carbocycles. The summed E-state index contributed by atoms with van der Waals surface area (Å²) in [5, 5.41) is 4.86. The second kappa shape index (κ2) is 7.16. The van der Waals surface area contributed by atoms with Gasteiger partial charge in [-0.1, -0.05) is 6.07 Å². The molecule has 0 fully saturated rings. The maximum absolute atomic E-state index is 12.3. The van der Waals surface area contributed by atoms with Gasteiger partial charge in [-0.15, -0.1) is 11.3 Å². The van der Waals surface area contributed by atoms with Gasteiger partial charge in [-0.2, -0.15) is 0 Å². The molecule has 4 rings (SSSR count). The Morgan fingerprint density at radius 3 is 3.00 bits per heavy atom. The highest BCUT2D eigenvalue weighted by Gasteiger charge is 2.23. The molecule has 128 valence electrons. The molecule has 0 unspecified atom stereocenters. The number of thiophene rings is 1. The van der Waals surface area contributed by atoms with Crippen LogP contribution in [0.2, 0.25) is 0 Å². The summed E-state index contributed by atoms with van der Waals surface area (Å²) < 4.78 is 5.74. The quantitative estimate of drug-likeness (QED) is 0.780. The molecule has 0 saturated heterocycles. The second-order valence-corrected chi connectivity index (χ2v) is 6.97. The number of hydrogen-bond acceptors (Lipinski definition) is 6. The molecule has 0 aromatic carbocycles. The van der Waals surface area contributed by atoms with Gasteiger partial charge in [0.1, 0.15) is 5.76 Å². The Kier molecular flexibility index (Phi) is 4.58. The second-order valence-electron chi connectivity index (χ2n) is 5.94. The van der Waals surface area contributed by atoms with Crippen molar-refractivity contribution >= 4 is 22.9 Å². The van der Waals surface area contributed by atoms with E-state index in [1.165, 1.54) is 4.88 Å². The smallest absolute Gasteiger partial charge is 0.311 e. The molecule has 1 N–H and O–H groups in total. The zero-order valence-electron chi connectivity index (χ0n) is 13.6. The van der Waals surface area contributed by atoms with E-state index in [9.17, 15) is 4.79 Å². The third-order valence-corrected chi connectivity index (χ3v) is 5.03. The van der Waals surface area contributed by atoms with Gasteiger partial charge in [-0.3, -0.25) is 14.7 Å². The van der Waals surface area contributed by atoms with Crippen molar-refractivity contribution in [1.29, 1.82) is 0 Å². The first-order chi connectivity index (χ1) is 12.3. The average Bonchev–Trinajstić information content (AvgIpc) is 3.24. The van der Waals surface area contributed by atoms with Crippen molar-refractivity contribution in [1.82, 2.24) is 14.9 Å². The van der Waals surface area contributed by atoms with Crippen molar-refractivity contribution in [2.75, 3.05) is 18.4 Å². The van der Waals surface area contributed by atoms with Crippen LogP contribution in [0.1, 0.15) is 27.0 Å². The molecule has 0 spiro atoms. The van der Waals surface area contributed by atoms with Gasteiger partial charge >= 0.3 is 5.91 Å². The van der Waals surface area contributed by atoms with E-state index in [-0.39, 0.29) is 11.8 Å². The van der Waals surface area contributed by atoms with E-state index in [4.69, 9.17) is 4.42 Å². The van der Waals surface area contributed by atoms with Crippen LogP contribution in [-0.2, 0) is 19.4 Å². The van der Waals surface area contributed by atoms with E-state index in [1.807, 2.05) is 0 Å². The molecule has 7 heteroatoms. The molecule has 1 aliphatic rings. The Morgan fingerprint density at radius 2 is 2.20 bits per heavy atom. The number of rotatable bonds is 4. The number of hydrogen-bond donors (Lipinski definition) is 1. The van der Waals surface area contributed by atoms with Gasteiger partial charge in [0.2, 0.25) is 0 Å². The first-order valence-electron chi connectivity index (χ1n) is 8.22. The standard InChI is InChI=1S/C18H18N4O2S/c23-17(20-13-3-1-7-19-11-13)18-21-15-5-8-22(9-6-16(15)24-18)12-14-4-2-10-25-14/h1-4,7,10-11H,5-6,8-9,12H2,(H,20,23).